The van der Waals surface area contributed by atoms with Crippen molar-refractivity contribution < 1.29 is 9.90 Å². The minimum atomic E-state index is -0.250. The summed E-state index contributed by atoms with van der Waals surface area (Å²) in [7, 11) is 0. The fraction of sp³-hybridized carbons (Fsp3) is 0.150. The van der Waals surface area contributed by atoms with E-state index in [1.165, 1.54) is 5.56 Å². The van der Waals surface area contributed by atoms with Crippen LogP contribution in [0.25, 0.3) is 11.0 Å². The first-order valence-electron chi connectivity index (χ1n) is 7.78. The van der Waals surface area contributed by atoms with Gasteiger partial charge in [-0.15, -0.1) is 0 Å². The second-order valence-electron chi connectivity index (χ2n) is 4.85. The van der Waals surface area contributed by atoms with Gasteiger partial charge in [-0.1, -0.05) is 48.7 Å². The van der Waals surface area contributed by atoms with Crippen molar-refractivity contribution in [2.45, 2.75) is 18.5 Å². The van der Waals surface area contributed by atoms with Crippen LogP contribution >= 0.6 is 11.8 Å². The molecule has 1 aromatic heterocycles. The number of thioether (sulfide) groups is 1. The van der Waals surface area contributed by atoms with Gasteiger partial charge in [0.2, 0.25) is 0 Å². The maximum absolute atomic E-state index is 8.36. The van der Waals surface area contributed by atoms with Crippen LogP contribution in [0.3, 0.4) is 0 Å². The molecule has 0 atom stereocenters. The third kappa shape index (κ3) is 5.80. The number of aryl methyl sites for hydroxylation is 1. The Labute approximate surface area is 157 Å². The van der Waals surface area contributed by atoms with Gasteiger partial charge in [-0.3, -0.25) is 4.79 Å². The van der Waals surface area contributed by atoms with Crippen molar-refractivity contribution in [2.75, 3.05) is 6.26 Å². The highest BCUT2D eigenvalue weighted by Crippen LogP contribution is 2.21. The summed E-state index contributed by atoms with van der Waals surface area (Å²) in [6.07, 6.45) is 2.98. The zero-order valence-corrected chi connectivity index (χ0v) is 15.6. The lowest BCUT2D eigenvalue weighted by atomic mass is 10.0. The SMILES string of the molecule is C=N.CCc1cc2nc(SC)[nH]c2cc1C#Cc1ccccc1.O=CO. The van der Waals surface area contributed by atoms with Crippen molar-refractivity contribution in [1.29, 1.82) is 5.41 Å². The number of H-pyrrole nitrogens is 1. The van der Waals surface area contributed by atoms with Gasteiger partial charge in [-0.25, -0.2) is 4.98 Å². The van der Waals surface area contributed by atoms with Gasteiger partial charge in [-0.05, 0) is 49.2 Å². The van der Waals surface area contributed by atoms with Crippen molar-refractivity contribution >= 4 is 36.0 Å². The first kappa shape index (κ1) is 21.0. The monoisotopic (exact) mass is 367 g/mol. The number of fused-ring (bicyclic) bond motifs is 1. The summed E-state index contributed by atoms with van der Waals surface area (Å²) in [5, 5.41) is 13.3. The quantitative estimate of drug-likeness (QED) is 0.274. The smallest absolute Gasteiger partial charge is 0.290 e. The van der Waals surface area contributed by atoms with Crippen LogP contribution in [0.15, 0.2) is 47.6 Å². The predicted molar refractivity (Wildman–Crippen MR) is 108 cm³/mol. The van der Waals surface area contributed by atoms with Gasteiger partial charge in [0.25, 0.3) is 6.47 Å². The molecular formula is C20H21N3O2S. The summed E-state index contributed by atoms with van der Waals surface area (Å²) in [6, 6.07) is 14.3. The second-order valence-corrected chi connectivity index (χ2v) is 5.64. The van der Waals surface area contributed by atoms with Crippen LogP contribution in [0, 0.1) is 17.3 Å². The Kier molecular flexibility index (Phi) is 9.29. The molecule has 0 unspecified atom stereocenters. The van der Waals surface area contributed by atoms with Crippen molar-refractivity contribution in [3.05, 3.63) is 59.2 Å². The molecule has 3 rings (SSSR count). The third-order valence-corrected chi connectivity index (χ3v) is 3.95. The van der Waals surface area contributed by atoms with Gasteiger partial charge in [0.15, 0.2) is 5.16 Å². The molecule has 3 aromatic rings. The highest BCUT2D eigenvalue weighted by atomic mass is 32.2. The van der Waals surface area contributed by atoms with Gasteiger partial charge in [0.1, 0.15) is 0 Å². The largest absolute Gasteiger partial charge is 0.483 e. The summed E-state index contributed by atoms with van der Waals surface area (Å²) in [6.45, 7) is 4.40. The Balaban J connectivity index is 0.000000615. The molecule has 3 N–H and O–H groups in total. The molecule has 5 nitrogen and oxygen atoms in total. The fourth-order valence-corrected chi connectivity index (χ4v) is 2.64. The molecule has 6 heteroatoms. The van der Waals surface area contributed by atoms with E-state index in [0.29, 0.717) is 0 Å². The van der Waals surface area contributed by atoms with E-state index < -0.39 is 0 Å². The molecular weight excluding hydrogens is 346 g/mol. The Morgan fingerprint density at radius 1 is 1.27 bits per heavy atom. The number of carboxylic acid groups (broad SMARTS) is 1. The Morgan fingerprint density at radius 3 is 2.50 bits per heavy atom. The lowest BCUT2D eigenvalue weighted by molar-refractivity contribution is -0.122. The molecule has 26 heavy (non-hydrogen) atoms. The zero-order valence-electron chi connectivity index (χ0n) is 14.7. The number of carbonyl (C=O) groups is 1. The highest BCUT2D eigenvalue weighted by molar-refractivity contribution is 7.98. The standard InChI is InChI=1S/C18H16N2S.CH3N.CH2O2/c1-3-14-11-16-17(20-18(19-16)21-2)12-15(14)10-9-13-7-5-4-6-8-13;1-2;2-1-3/h4-8,11-12H,3H2,1-2H3,(H,19,20);2H,1H2;1H,(H,2,3). The molecule has 2 aromatic carbocycles. The van der Waals surface area contributed by atoms with E-state index in [2.05, 4.69) is 47.6 Å². The predicted octanol–water partition coefficient (Wildman–Crippen LogP) is 4.21. The van der Waals surface area contributed by atoms with Gasteiger partial charge < -0.3 is 15.5 Å². The maximum Gasteiger partial charge on any atom is 0.290 e. The van der Waals surface area contributed by atoms with Crippen molar-refractivity contribution in [3.63, 3.8) is 0 Å². The second kappa shape index (κ2) is 11.5. The Hall–Kier alpha value is -3.04. The molecule has 0 bridgehead atoms. The summed E-state index contributed by atoms with van der Waals surface area (Å²) in [4.78, 5) is 16.2. The number of aromatic amines is 1. The molecule has 134 valence electrons. The van der Waals surface area contributed by atoms with Crippen LogP contribution in [0.2, 0.25) is 0 Å². The maximum atomic E-state index is 8.36. The van der Waals surface area contributed by atoms with Crippen LogP contribution in [0.4, 0.5) is 0 Å². The third-order valence-electron chi connectivity index (χ3n) is 3.37. The highest BCUT2D eigenvalue weighted by Gasteiger charge is 2.06. The molecule has 0 aliphatic carbocycles. The summed E-state index contributed by atoms with van der Waals surface area (Å²) in [5.41, 5.74) is 5.42. The molecule has 0 saturated heterocycles. The Morgan fingerprint density at radius 2 is 1.92 bits per heavy atom. The van der Waals surface area contributed by atoms with E-state index in [9.17, 15) is 0 Å². The van der Waals surface area contributed by atoms with Crippen molar-refractivity contribution in [1.82, 2.24) is 9.97 Å². The zero-order chi connectivity index (χ0) is 19.4. The van der Waals surface area contributed by atoms with Crippen LogP contribution in [0.1, 0.15) is 23.6 Å². The minimum Gasteiger partial charge on any atom is -0.483 e. The first-order chi connectivity index (χ1) is 12.7. The topological polar surface area (TPSA) is 89.8 Å². The molecule has 0 saturated carbocycles. The lowest BCUT2D eigenvalue weighted by Crippen LogP contribution is -1.88. The van der Waals surface area contributed by atoms with Gasteiger partial charge >= 0.3 is 0 Å². The van der Waals surface area contributed by atoms with Crippen LogP contribution < -0.4 is 0 Å². The summed E-state index contributed by atoms with van der Waals surface area (Å²) in [5.74, 6) is 6.53. The van der Waals surface area contributed by atoms with Crippen molar-refractivity contribution in [2.24, 2.45) is 0 Å². The van der Waals surface area contributed by atoms with Crippen LogP contribution in [-0.4, -0.2) is 34.5 Å². The summed E-state index contributed by atoms with van der Waals surface area (Å²) < 4.78 is 0. The molecule has 1 heterocycles. The molecule has 0 aliphatic rings. The molecule has 0 radical (unpaired) electrons. The molecule has 0 amide bonds. The molecule has 0 spiro atoms. The van der Waals surface area contributed by atoms with Crippen LogP contribution in [-0.2, 0) is 11.2 Å². The van der Waals surface area contributed by atoms with E-state index in [-0.39, 0.29) is 6.47 Å². The number of aromatic nitrogens is 2. The average molecular weight is 367 g/mol. The number of nitrogens with one attached hydrogen (secondary N) is 2. The number of hydrogen-bond acceptors (Lipinski definition) is 4. The number of hydrogen-bond donors (Lipinski definition) is 3. The van der Waals surface area contributed by atoms with Gasteiger partial charge in [0, 0.05) is 11.1 Å². The van der Waals surface area contributed by atoms with E-state index in [4.69, 9.17) is 15.3 Å². The van der Waals surface area contributed by atoms with E-state index in [0.717, 1.165) is 33.7 Å². The normalized spacial score (nSPS) is 9.00. The Bertz CT molecular complexity index is 896. The fourth-order valence-electron chi connectivity index (χ4n) is 2.24. The van der Waals surface area contributed by atoms with E-state index in [1.807, 2.05) is 36.6 Å². The van der Waals surface area contributed by atoms with E-state index >= 15 is 0 Å². The van der Waals surface area contributed by atoms with Crippen molar-refractivity contribution in [3.8, 4) is 11.8 Å². The minimum absolute atomic E-state index is 0.250. The number of imidazole rings is 1. The number of benzene rings is 2. The lowest BCUT2D eigenvalue weighted by Gasteiger charge is -2.01. The van der Waals surface area contributed by atoms with Gasteiger partial charge in [-0.2, -0.15) is 0 Å². The molecule has 0 fully saturated rings. The number of nitrogens with zero attached hydrogens (tertiary/aromatic N) is 1. The molecule has 0 aliphatic heterocycles. The van der Waals surface area contributed by atoms with Gasteiger partial charge in [0.05, 0.1) is 11.0 Å². The van der Waals surface area contributed by atoms with Crippen LogP contribution in [0.5, 0.6) is 0 Å². The average Bonchev–Trinajstić information content (AvgIpc) is 3.10. The first-order valence-corrected chi connectivity index (χ1v) is 9.01. The summed E-state index contributed by atoms with van der Waals surface area (Å²) >= 11 is 1.62. The number of rotatable bonds is 2. The van der Waals surface area contributed by atoms with E-state index in [1.54, 1.807) is 11.8 Å².